The number of nitrogens with zero attached hydrogens (tertiary/aromatic N) is 1. The Kier molecular flexibility index (Phi) is 7.60. The van der Waals surface area contributed by atoms with Crippen LogP contribution in [0.5, 0.6) is 0 Å². The highest BCUT2D eigenvalue weighted by atomic mass is 32.2. The van der Waals surface area contributed by atoms with Crippen molar-refractivity contribution in [1.82, 2.24) is 5.32 Å². The standard InChI is InChI=1S/C29H34N2O3S/c1-4-28(25-14-13-22-10-7-8-11-24(22)19-25)30-29(32)23-15-17-27(18-16-23)31(35(3,33)34)20-26-12-6-5-9-21(26)2/h5-6,9,12-19,28H,4,7-8,10-11,20H2,1-3H3,(H,30,32). The maximum atomic E-state index is 13.0. The fourth-order valence-electron chi connectivity index (χ4n) is 4.75. The van der Waals surface area contributed by atoms with Gasteiger partial charge in [-0.25, -0.2) is 8.42 Å². The largest absolute Gasteiger partial charge is 0.345 e. The van der Waals surface area contributed by atoms with E-state index in [0.29, 0.717) is 11.3 Å². The minimum Gasteiger partial charge on any atom is -0.345 e. The highest BCUT2D eigenvalue weighted by Crippen LogP contribution is 2.27. The molecule has 0 saturated carbocycles. The molecule has 1 aliphatic rings. The molecule has 184 valence electrons. The Hall–Kier alpha value is -3.12. The van der Waals surface area contributed by atoms with Gasteiger partial charge in [0.25, 0.3) is 5.91 Å². The van der Waals surface area contributed by atoms with E-state index in [1.807, 2.05) is 31.2 Å². The van der Waals surface area contributed by atoms with Crippen molar-refractivity contribution in [2.24, 2.45) is 0 Å². The van der Waals surface area contributed by atoms with E-state index in [1.165, 1.54) is 34.5 Å². The lowest BCUT2D eigenvalue weighted by Gasteiger charge is -2.24. The fourth-order valence-corrected chi connectivity index (χ4v) is 5.63. The van der Waals surface area contributed by atoms with E-state index >= 15 is 0 Å². The van der Waals surface area contributed by atoms with E-state index in [1.54, 1.807) is 24.3 Å². The monoisotopic (exact) mass is 490 g/mol. The number of nitrogens with one attached hydrogen (secondary N) is 1. The molecule has 0 aliphatic heterocycles. The Morgan fingerprint density at radius 3 is 2.31 bits per heavy atom. The lowest BCUT2D eigenvalue weighted by Crippen LogP contribution is -2.30. The van der Waals surface area contributed by atoms with Crippen molar-refractivity contribution in [2.75, 3.05) is 10.6 Å². The van der Waals surface area contributed by atoms with Gasteiger partial charge >= 0.3 is 0 Å². The highest BCUT2D eigenvalue weighted by Gasteiger charge is 2.20. The van der Waals surface area contributed by atoms with Gasteiger partial charge in [0, 0.05) is 5.56 Å². The summed E-state index contributed by atoms with van der Waals surface area (Å²) in [6.45, 7) is 4.28. The summed E-state index contributed by atoms with van der Waals surface area (Å²) in [5, 5.41) is 3.16. The quantitative estimate of drug-likeness (QED) is 0.439. The number of carbonyl (C=O) groups excluding carboxylic acids is 1. The first-order valence-corrected chi connectivity index (χ1v) is 14.2. The molecule has 1 N–H and O–H groups in total. The third-order valence-corrected chi connectivity index (χ3v) is 8.02. The highest BCUT2D eigenvalue weighted by molar-refractivity contribution is 7.92. The number of aryl methyl sites for hydroxylation is 3. The van der Waals surface area contributed by atoms with Crippen LogP contribution in [0.25, 0.3) is 0 Å². The van der Waals surface area contributed by atoms with E-state index < -0.39 is 10.0 Å². The van der Waals surface area contributed by atoms with E-state index in [2.05, 4.69) is 30.4 Å². The van der Waals surface area contributed by atoms with Gasteiger partial charge in [-0.1, -0.05) is 49.4 Å². The van der Waals surface area contributed by atoms with Gasteiger partial charge in [0.1, 0.15) is 0 Å². The second-order valence-electron chi connectivity index (χ2n) is 9.41. The van der Waals surface area contributed by atoms with Crippen molar-refractivity contribution in [3.63, 3.8) is 0 Å². The first kappa shape index (κ1) is 25.0. The molecule has 1 atom stereocenters. The van der Waals surface area contributed by atoms with E-state index in [9.17, 15) is 13.2 Å². The smallest absolute Gasteiger partial charge is 0.251 e. The second kappa shape index (κ2) is 10.6. The molecule has 4 rings (SSSR count). The van der Waals surface area contributed by atoms with Crippen molar-refractivity contribution in [3.05, 3.63) is 100 Å². The molecule has 35 heavy (non-hydrogen) atoms. The molecule has 1 unspecified atom stereocenters. The third-order valence-electron chi connectivity index (χ3n) is 6.88. The normalized spacial score (nSPS) is 14.1. The van der Waals surface area contributed by atoms with E-state index in [0.717, 1.165) is 36.0 Å². The summed E-state index contributed by atoms with van der Waals surface area (Å²) in [5.74, 6) is -0.161. The van der Waals surface area contributed by atoms with Gasteiger partial charge in [-0.05, 0) is 91.1 Å². The molecule has 0 aromatic heterocycles. The van der Waals surface area contributed by atoms with Crippen molar-refractivity contribution >= 4 is 21.6 Å². The Bertz CT molecular complexity index is 1300. The fraction of sp³-hybridized carbons (Fsp3) is 0.345. The summed E-state index contributed by atoms with van der Waals surface area (Å²) in [6.07, 6.45) is 6.71. The molecule has 3 aromatic carbocycles. The first-order chi connectivity index (χ1) is 16.8. The van der Waals surface area contributed by atoms with Gasteiger partial charge < -0.3 is 5.32 Å². The molecule has 5 nitrogen and oxygen atoms in total. The van der Waals surface area contributed by atoms with Crippen LogP contribution in [0.3, 0.4) is 0 Å². The van der Waals surface area contributed by atoms with Gasteiger partial charge in [-0.15, -0.1) is 0 Å². The average Bonchev–Trinajstić information content (AvgIpc) is 2.86. The number of carbonyl (C=O) groups is 1. The predicted octanol–water partition coefficient (Wildman–Crippen LogP) is 5.72. The Balaban J connectivity index is 1.50. The summed E-state index contributed by atoms with van der Waals surface area (Å²) in [6, 6.07) is 21.1. The van der Waals surface area contributed by atoms with Crippen molar-refractivity contribution < 1.29 is 13.2 Å². The molecule has 0 radical (unpaired) electrons. The molecule has 1 amide bonds. The van der Waals surface area contributed by atoms with Crippen LogP contribution in [0.15, 0.2) is 66.7 Å². The van der Waals surface area contributed by atoms with Gasteiger partial charge in [0.05, 0.1) is 24.5 Å². The zero-order valence-corrected chi connectivity index (χ0v) is 21.6. The topological polar surface area (TPSA) is 66.5 Å². The number of sulfonamides is 1. The van der Waals surface area contributed by atoms with Crippen LogP contribution in [0.2, 0.25) is 0 Å². The lowest BCUT2D eigenvalue weighted by atomic mass is 9.88. The maximum absolute atomic E-state index is 13.0. The van der Waals surface area contributed by atoms with Gasteiger partial charge in [-0.2, -0.15) is 0 Å². The van der Waals surface area contributed by atoms with Crippen molar-refractivity contribution in [3.8, 4) is 0 Å². The number of benzene rings is 3. The summed E-state index contributed by atoms with van der Waals surface area (Å²) in [4.78, 5) is 13.0. The van der Waals surface area contributed by atoms with Crippen LogP contribution < -0.4 is 9.62 Å². The van der Waals surface area contributed by atoms with Crippen LogP contribution in [-0.2, 0) is 29.4 Å². The SMILES string of the molecule is CCC(NC(=O)c1ccc(N(Cc2ccccc2C)S(C)(=O)=O)cc1)c1ccc2c(c1)CCCC2. The zero-order valence-electron chi connectivity index (χ0n) is 20.8. The van der Waals surface area contributed by atoms with E-state index in [-0.39, 0.29) is 18.5 Å². The first-order valence-electron chi connectivity index (χ1n) is 12.3. The number of fused-ring (bicyclic) bond motifs is 1. The second-order valence-corrected chi connectivity index (χ2v) is 11.3. The van der Waals surface area contributed by atoms with E-state index in [4.69, 9.17) is 0 Å². The zero-order chi connectivity index (χ0) is 25.0. The molecule has 1 aliphatic carbocycles. The average molecular weight is 491 g/mol. The number of anilines is 1. The predicted molar refractivity (Wildman–Crippen MR) is 142 cm³/mol. The van der Waals surface area contributed by atoms with Crippen LogP contribution in [0.1, 0.15) is 70.4 Å². The molecule has 0 fully saturated rings. The van der Waals surface area contributed by atoms with Crippen molar-refractivity contribution in [1.29, 1.82) is 0 Å². The van der Waals surface area contributed by atoms with Crippen molar-refractivity contribution in [2.45, 2.75) is 58.5 Å². The molecular weight excluding hydrogens is 456 g/mol. The minimum atomic E-state index is -3.50. The van der Waals surface area contributed by atoms with Crippen LogP contribution in [0.4, 0.5) is 5.69 Å². The molecule has 0 heterocycles. The lowest BCUT2D eigenvalue weighted by molar-refractivity contribution is 0.0935. The van der Waals surface area contributed by atoms with Gasteiger partial charge in [0.2, 0.25) is 10.0 Å². The number of hydrogen-bond donors (Lipinski definition) is 1. The number of rotatable bonds is 8. The van der Waals surface area contributed by atoms with Gasteiger partial charge in [0.15, 0.2) is 0 Å². The molecule has 0 saturated heterocycles. The van der Waals surface area contributed by atoms with Crippen LogP contribution >= 0.6 is 0 Å². The number of hydrogen-bond acceptors (Lipinski definition) is 3. The van der Waals surface area contributed by atoms with Crippen LogP contribution in [-0.4, -0.2) is 20.6 Å². The Morgan fingerprint density at radius 1 is 0.971 bits per heavy atom. The molecule has 0 bridgehead atoms. The Labute approximate surface area is 209 Å². The molecular formula is C29H34N2O3S. The molecule has 3 aromatic rings. The Morgan fingerprint density at radius 2 is 1.66 bits per heavy atom. The van der Waals surface area contributed by atoms with Gasteiger partial charge in [-0.3, -0.25) is 9.10 Å². The number of amides is 1. The van der Waals surface area contributed by atoms with Crippen LogP contribution in [0, 0.1) is 6.92 Å². The molecule has 0 spiro atoms. The summed E-state index contributed by atoms with van der Waals surface area (Å²) in [5.41, 5.74) is 6.99. The molecule has 6 heteroatoms. The minimum absolute atomic E-state index is 0.0667. The summed E-state index contributed by atoms with van der Waals surface area (Å²) < 4.78 is 26.5. The summed E-state index contributed by atoms with van der Waals surface area (Å²) in [7, 11) is -3.50. The summed E-state index contributed by atoms with van der Waals surface area (Å²) >= 11 is 0. The maximum Gasteiger partial charge on any atom is 0.251 e. The third kappa shape index (κ3) is 5.93.